The maximum atomic E-state index is 10.7. The molecular weight excluding hydrogens is 180 g/mol. The molecule has 4 nitrogen and oxygen atoms in total. The molecule has 0 amide bonds. The van der Waals surface area contributed by atoms with Gasteiger partial charge in [0.05, 0.1) is 0 Å². The van der Waals surface area contributed by atoms with Crippen LogP contribution in [0, 0.1) is 0 Å². The maximum absolute atomic E-state index is 10.7. The number of fused-ring (bicyclic) bond motifs is 1. The summed E-state index contributed by atoms with van der Waals surface area (Å²) in [5.74, 6) is -0.959. The second-order valence-electron chi connectivity index (χ2n) is 3.15. The molecule has 4 heteroatoms. The van der Waals surface area contributed by atoms with Gasteiger partial charge in [0, 0.05) is 17.0 Å². The van der Waals surface area contributed by atoms with Gasteiger partial charge in [0.25, 0.3) is 0 Å². The van der Waals surface area contributed by atoms with E-state index in [2.05, 4.69) is 10.3 Å². The quantitative estimate of drug-likeness (QED) is 0.702. The molecule has 0 aliphatic carbocycles. The molecule has 0 spiro atoms. The van der Waals surface area contributed by atoms with Gasteiger partial charge in [-0.25, -0.2) is 4.79 Å². The number of nitrogens with zero attached hydrogens (tertiary/aromatic N) is 1. The SMILES string of the molecule is CC1=NC(C(=O)O)Nc2ccccc21. The van der Waals surface area contributed by atoms with Crippen molar-refractivity contribution in [2.24, 2.45) is 4.99 Å². The van der Waals surface area contributed by atoms with Gasteiger partial charge in [-0.3, -0.25) is 4.99 Å². The molecule has 0 saturated carbocycles. The van der Waals surface area contributed by atoms with Crippen molar-refractivity contribution in [2.75, 3.05) is 5.32 Å². The third kappa shape index (κ3) is 1.35. The van der Waals surface area contributed by atoms with Crippen LogP contribution in [-0.2, 0) is 4.79 Å². The van der Waals surface area contributed by atoms with Gasteiger partial charge in [0.1, 0.15) is 0 Å². The molecule has 1 aromatic rings. The van der Waals surface area contributed by atoms with Crippen LogP contribution in [0.1, 0.15) is 12.5 Å². The molecule has 1 aliphatic rings. The predicted octanol–water partition coefficient (Wildman–Crippen LogP) is 1.33. The molecule has 1 aromatic carbocycles. The lowest BCUT2D eigenvalue weighted by Gasteiger charge is -2.21. The van der Waals surface area contributed by atoms with Crippen molar-refractivity contribution >= 4 is 17.4 Å². The average molecular weight is 190 g/mol. The number of carboxylic acid groups (broad SMARTS) is 1. The predicted molar refractivity (Wildman–Crippen MR) is 53.7 cm³/mol. The molecule has 1 atom stereocenters. The van der Waals surface area contributed by atoms with Gasteiger partial charge in [-0.1, -0.05) is 18.2 Å². The van der Waals surface area contributed by atoms with E-state index in [-0.39, 0.29) is 0 Å². The van der Waals surface area contributed by atoms with Crippen LogP contribution in [0.5, 0.6) is 0 Å². The second kappa shape index (κ2) is 3.14. The van der Waals surface area contributed by atoms with Crippen molar-refractivity contribution in [2.45, 2.75) is 13.1 Å². The summed E-state index contributed by atoms with van der Waals surface area (Å²) >= 11 is 0. The van der Waals surface area contributed by atoms with Crippen molar-refractivity contribution in [3.63, 3.8) is 0 Å². The van der Waals surface area contributed by atoms with E-state index in [1.165, 1.54) is 0 Å². The van der Waals surface area contributed by atoms with Crippen LogP contribution >= 0.6 is 0 Å². The minimum atomic E-state index is -0.959. The standard InChI is InChI=1S/C10H10N2O2/c1-6-7-4-2-3-5-8(7)12-9(11-6)10(13)14/h2-5,9,12H,1H3,(H,13,14). The highest BCUT2D eigenvalue weighted by molar-refractivity contribution is 6.06. The van der Waals surface area contributed by atoms with Crippen LogP contribution in [0.4, 0.5) is 5.69 Å². The average Bonchev–Trinajstić information content (AvgIpc) is 2.17. The highest BCUT2D eigenvalue weighted by atomic mass is 16.4. The van der Waals surface area contributed by atoms with Gasteiger partial charge in [-0.2, -0.15) is 0 Å². The van der Waals surface area contributed by atoms with Crippen molar-refractivity contribution in [1.82, 2.24) is 0 Å². The monoisotopic (exact) mass is 190 g/mol. The van der Waals surface area contributed by atoms with Crippen LogP contribution in [0.15, 0.2) is 29.3 Å². The molecule has 1 unspecified atom stereocenters. The van der Waals surface area contributed by atoms with Crippen LogP contribution in [-0.4, -0.2) is 23.0 Å². The summed E-state index contributed by atoms with van der Waals surface area (Å²) < 4.78 is 0. The van der Waals surface area contributed by atoms with Crippen molar-refractivity contribution in [3.05, 3.63) is 29.8 Å². The smallest absolute Gasteiger partial charge is 0.349 e. The van der Waals surface area contributed by atoms with Gasteiger partial charge in [-0.05, 0) is 13.0 Å². The largest absolute Gasteiger partial charge is 0.478 e. The lowest BCUT2D eigenvalue weighted by Crippen LogP contribution is -2.32. The van der Waals surface area contributed by atoms with Crippen molar-refractivity contribution in [1.29, 1.82) is 0 Å². The third-order valence-corrected chi connectivity index (χ3v) is 2.17. The number of hydrogen-bond acceptors (Lipinski definition) is 3. The second-order valence-corrected chi connectivity index (χ2v) is 3.15. The fourth-order valence-electron chi connectivity index (χ4n) is 1.48. The van der Waals surface area contributed by atoms with E-state index in [1.54, 1.807) is 0 Å². The molecule has 0 aromatic heterocycles. The number of benzene rings is 1. The molecule has 1 heterocycles. The van der Waals surface area contributed by atoms with Crippen molar-refractivity contribution in [3.8, 4) is 0 Å². The Morgan fingerprint density at radius 1 is 1.50 bits per heavy atom. The first kappa shape index (κ1) is 8.74. The molecule has 72 valence electrons. The maximum Gasteiger partial charge on any atom is 0.349 e. The van der Waals surface area contributed by atoms with Gasteiger partial charge < -0.3 is 10.4 Å². The zero-order chi connectivity index (χ0) is 10.1. The topological polar surface area (TPSA) is 61.7 Å². The first-order valence-corrected chi connectivity index (χ1v) is 4.31. The Bertz CT molecular complexity index is 412. The van der Waals surface area contributed by atoms with E-state index < -0.39 is 12.1 Å². The summed E-state index contributed by atoms with van der Waals surface area (Å²) in [6.07, 6.45) is -0.857. The third-order valence-electron chi connectivity index (χ3n) is 2.17. The van der Waals surface area contributed by atoms with E-state index in [0.717, 1.165) is 17.0 Å². The highest BCUT2D eigenvalue weighted by Crippen LogP contribution is 2.21. The Labute approximate surface area is 81.3 Å². The van der Waals surface area contributed by atoms with Crippen molar-refractivity contribution < 1.29 is 9.90 Å². The first-order chi connectivity index (χ1) is 6.68. The fourth-order valence-corrected chi connectivity index (χ4v) is 1.48. The molecule has 0 bridgehead atoms. The molecule has 0 saturated heterocycles. The zero-order valence-corrected chi connectivity index (χ0v) is 7.69. The highest BCUT2D eigenvalue weighted by Gasteiger charge is 2.22. The zero-order valence-electron chi connectivity index (χ0n) is 7.69. The number of anilines is 1. The summed E-state index contributed by atoms with van der Waals surface area (Å²) in [6.45, 7) is 1.82. The number of carbonyl (C=O) groups is 1. The number of aliphatic imine (C=N–C) groups is 1. The van der Waals surface area contributed by atoms with E-state index >= 15 is 0 Å². The number of carboxylic acids is 1. The number of rotatable bonds is 1. The molecule has 2 N–H and O–H groups in total. The number of aliphatic carboxylic acids is 1. The molecule has 0 radical (unpaired) electrons. The Balaban J connectivity index is 2.44. The normalized spacial score (nSPS) is 19.2. The van der Waals surface area contributed by atoms with Crippen LogP contribution in [0.3, 0.4) is 0 Å². The summed E-state index contributed by atoms with van der Waals surface area (Å²) in [5.41, 5.74) is 2.55. The molecular formula is C10H10N2O2. The summed E-state index contributed by atoms with van der Waals surface area (Å²) in [6, 6.07) is 7.53. The first-order valence-electron chi connectivity index (χ1n) is 4.31. The minimum Gasteiger partial charge on any atom is -0.478 e. The Morgan fingerprint density at radius 2 is 2.21 bits per heavy atom. The van der Waals surface area contributed by atoms with E-state index in [4.69, 9.17) is 5.11 Å². The summed E-state index contributed by atoms with van der Waals surface area (Å²) in [5, 5.41) is 11.7. The van der Waals surface area contributed by atoms with Gasteiger partial charge in [0.2, 0.25) is 6.17 Å². The van der Waals surface area contributed by atoms with Gasteiger partial charge in [0.15, 0.2) is 0 Å². The summed E-state index contributed by atoms with van der Waals surface area (Å²) in [7, 11) is 0. The van der Waals surface area contributed by atoms with E-state index in [0.29, 0.717) is 0 Å². The molecule has 1 aliphatic heterocycles. The molecule has 0 fully saturated rings. The lowest BCUT2D eigenvalue weighted by atomic mass is 10.1. The summed E-state index contributed by atoms with van der Waals surface area (Å²) in [4.78, 5) is 14.8. The number of nitrogens with one attached hydrogen (secondary N) is 1. The van der Waals surface area contributed by atoms with Crippen LogP contribution in [0.2, 0.25) is 0 Å². The van der Waals surface area contributed by atoms with E-state index in [1.807, 2.05) is 31.2 Å². The minimum absolute atomic E-state index is 0.756. The fraction of sp³-hybridized carbons (Fsp3) is 0.200. The number of para-hydroxylation sites is 1. The van der Waals surface area contributed by atoms with Crippen LogP contribution < -0.4 is 5.32 Å². The molecule has 14 heavy (non-hydrogen) atoms. The Morgan fingerprint density at radius 3 is 2.93 bits per heavy atom. The molecule has 2 rings (SSSR count). The van der Waals surface area contributed by atoms with Gasteiger partial charge in [-0.15, -0.1) is 0 Å². The lowest BCUT2D eigenvalue weighted by molar-refractivity contribution is -0.137. The van der Waals surface area contributed by atoms with E-state index in [9.17, 15) is 4.79 Å². The Kier molecular flexibility index (Phi) is 1.96. The Hall–Kier alpha value is -1.84. The van der Waals surface area contributed by atoms with Gasteiger partial charge >= 0.3 is 5.97 Å². The van der Waals surface area contributed by atoms with Crippen LogP contribution in [0.25, 0.3) is 0 Å². The number of hydrogen-bond donors (Lipinski definition) is 2.